The fourth-order valence-corrected chi connectivity index (χ4v) is 33.4. The molecule has 1 aromatic rings. The van der Waals surface area contributed by atoms with Gasteiger partial charge in [-0.15, -0.1) is 0 Å². The molecule has 0 N–H and O–H groups in total. The molecule has 0 bridgehead atoms. The Labute approximate surface area is 86.4 Å². The van der Waals surface area contributed by atoms with Gasteiger partial charge in [0.2, 0.25) is 0 Å². The highest BCUT2D eigenvalue weighted by atomic mass is 29.6. The zero-order chi connectivity index (χ0) is 9.90. The minimum atomic E-state index is -0.942. The van der Waals surface area contributed by atoms with Gasteiger partial charge in [0.1, 0.15) is 0 Å². The van der Waals surface area contributed by atoms with E-state index < -0.39 is 7.59 Å². The molecule has 13 heavy (non-hydrogen) atoms. The molecule has 72 valence electrons. The smallest absolute Gasteiger partial charge is 0.0641 e. The van der Waals surface area contributed by atoms with Crippen molar-refractivity contribution in [1.29, 1.82) is 0 Å². The summed E-state index contributed by atoms with van der Waals surface area (Å²) in [4.78, 5) is 0. The highest BCUT2D eigenvalue weighted by Crippen LogP contribution is 2.02. The molecule has 1 rings (SSSR count). The second-order valence-corrected chi connectivity index (χ2v) is 27.5. The van der Waals surface area contributed by atoms with E-state index in [2.05, 4.69) is 56.5 Å². The molecule has 0 unspecified atom stereocenters. The van der Waals surface area contributed by atoms with Crippen molar-refractivity contribution in [2.45, 2.75) is 26.2 Å². The maximum absolute atomic E-state index is 2.56. The van der Waals surface area contributed by atoms with Crippen LogP contribution in [0.5, 0.6) is 0 Å². The molecule has 0 fully saturated rings. The zero-order valence-electron chi connectivity index (χ0n) is 9.17. The van der Waals surface area contributed by atoms with Gasteiger partial charge in [0.05, 0.1) is 7.59 Å². The quantitative estimate of drug-likeness (QED) is 0.678. The van der Waals surface area contributed by atoms with Crippen molar-refractivity contribution >= 4 is 29.6 Å². The number of rotatable bonds is 3. The topological polar surface area (TPSA) is 0 Å². The molecule has 3 heteroatoms. The van der Waals surface area contributed by atoms with Crippen LogP contribution in [0, 0.1) is 0 Å². The first-order chi connectivity index (χ1) is 6.02. The number of hydrogen-bond donors (Lipinski definition) is 0. The van der Waals surface area contributed by atoms with E-state index in [9.17, 15) is 0 Å². The van der Waals surface area contributed by atoms with Gasteiger partial charge in [-0.05, 0) is 0 Å². The molecule has 0 spiro atoms. The van der Waals surface area contributed by atoms with Crippen molar-refractivity contribution in [1.82, 2.24) is 0 Å². The van der Waals surface area contributed by atoms with E-state index in [4.69, 9.17) is 0 Å². The number of benzene rings is 1. The molecule has 0 saturated heterocycles. The monoisotopic (exact) mass is 224 g/mol. The van der Waals surface area contributed by atoms with Crippen LogP contribution in [-0.4, -0.2) is 24.5 Å². The summed E-state index contributed by atoms with van der Waals surface area (Å²) in [6, 6.07) is 11.2. The van der Waals surface area contributed by atoms with E-state index in [0.717, 1.165) is 0 Å². The molecule has 0 saturated carbocycles. The van der Waals surface area contributed by atoms with Crippen LogP contribution in [-0.2, 0) is 0 Å². The van der Waals surface area contributed by atoms with E-state index in [1.165, 1.54) is 0 Å². The summed E-state index contributed by atoms with van der Waals surface area (Å²) < 4.78 is 0. The normalized spacial score (nSPS) is 13.0. The van der Waals surface area contributed by atoms with Crippen LogP contribution in [0.2, 0.25) is 26.2 Å². The lowest BCUT2D eigenvalue weighted by molar-refractivity contribution is 1.73. The van der Waals surface area contributed by atoms with Gasteiger partial charge < -0.3 is 0 Å². The third kappa shape index (κ3) is 3.25. The molecule has 1 aromatic carbocycles. The number of hydrogen-bond acceptors (Lipinski definition) is 0. The molecule has 0 amide bonds. The Hall–Kier alpha value is -0.129. The van der Waals surface area contributed by atoms with Gasteiger partial charge in [0.15, 0.2) is 0 Å². The molecule has 0 aliphatic rings. The summed E-state index contributed by atoms with van der Waals surface area (Å²) in [7, 11) is -0.953. The molecular formula is C10H20Si3. The van der Waals surface area contributed by atoms with Crippen molar-refractivity contribution in [3.8, 4) is 0 Å². The van der Waals surface area contributed by atoms with Crippen LogP contribution < -0.4 is 5.19 Å². The third-order valence-corrected chi connectivity index (χ3v) is 29.5. The van der Waals surface area contributed by atoms with E-state index in [1.807, 2.05) is 0 Å². The molecule has 0 aromatic heterocycles. The Morgan fingerprint density at radius 1 is 1.08 bits per heavy atom. The molecule has 0 atom stereocenters. The van der Waals surface area contributed by atoms with Gasteiger partial charge in [-0.1, -0.05) is 61.7 Å². The third-order valence-electron chi connectivity index (χ3n) is 2.47. The summed E-state index contributed by atoms with van der Waals surface area (Å²) in [6.07, 6.45) is 0. The molecule has 0 aliphatic heterocycles. The molecule has 0 aliphatic carbocycles. The van der Waals surface area contributed by atoms with Crippen molar-refractivity contribution in [2.75, 3.05) is 0 Å². The van der Waals surface area contributed by atoms with Crippen LogP contribution in [0.1, 0.15) is 0 Å². The van der Waals surface area contributed by atoms with Crippen LogP contribution in [0.3, 0.4) is 0 Å². The first-order valence-corrected chi connectivity index (χ1v) is 16.0. The van der Waals surface area contributed by atoms with Gasteiger partial charge in [-0.25, -0.2) is 0 Å². The summed E-state index contributed by atoms with van der Waals surface area (Å²) in [5, 5.41) is 1.68. The van der Waals surface area contributed by atoms with Crippen LogP contribution in [0.4, 0.5) is 0 Å². The lowest BCUT2D eigenvalue weighted by Crippen LogP contribution is -2.52. The highest BCUT2D eigenvalue weighted by Gasteiger charge is 2.24. The standard InChI is InChI=1S/C10H20Si3/c1-12(2)11-13(3,4)10-8-6-5-7-9-10/h5-9,12H,11H2,1-4H3. The molecule has 0 nitrogen and oxygen atoms in total. The fraction of sp³-hybridized carbons (Fsp3) is 0.400. The Balaban J connectivity index is 2.81. The minimum absolute atomic E-state index is 0.254. The maximum Gasteiger partial charge on any atom is 0.0641 e. The Morgan fingerprint density at radius 3 is 2.08 bits per heavy atom. The van der Waals surface area contributed by atoms with E-state index in [-0.39, 0.29) is 16.9 Å². The first kappa shape index (κ1) is 10.9. The second kappa shape index (κ2) is 4.39. The van der Waals surface area contributed by atoms with Gasteiger partial charge >= 0.3 is 0 Å². The minimum Gasteiger partial charge on any atom is -0.0747 e. The lowest BCUT2D eigenvalue weighted by atomic mass is 10.4. The summed E-state index contributed by atoms with van der Waals surface area (Å²) >= 11 is 0. The molecule has 0 radical (unpaired) electrons. The van der Waals surface area contributed by atoms with Crippen LogP contribution >= 0.6 is 0 Å². The van der Waals surface area contributed by atoms with Crippen LogP contribution in [0.15, 0.2) is 30.3 Å². The van der Waals surface area contributed by atoms with Gasteiger partial charge in [-0.2, -0.15) is 0 Å². The Bertz CT molecular complexity index is 254. The van der Waals surface area contributed by atoms with Gasteiger partial charge in [-0.3, -0.25) is 0 Å². The fourth-order valence-electron chi connectivity index (χ4n) is 2.03. The Kier molecular flexibility index (Phi) is 3.70. The van der Waals surface area contributed by atoms with Crippen molar-refractivity contribution < 1.29 is 0 Å². The summed E-state index contributed by atoms with van der Waals surface area (Å²) in [5.74, 6) is 0. The van der Waals surface area contributed by atoms with E-state index in [0.29, 0.717) is 0 Å². The van der Waals surface area contributed by atoms with Crippen LogP contribution in [0.25, 0.3) is 0 Å². The SMILES string of the molecule is C[SiH](C)[SiH2][Si](C)(C)c1ccccc1. The average Bonchev–Trinajstić information content (AvgIpc) is 2.04. The molecular weight excluding hydrogens is 204 g/mol. The predicted octanol–water partition coefficient (Wildman–Crippen LogP) is 1.25. The second-order valence-electron chi connectivity index (χ2n) is 4.85. The maximum atomic E-state index is 2.56. The van der Waals surface area contributed by atoms with Crippen molar-refractivity contribution in [3.05, 3.63) is 30.3 Å². The van der Waals surface area contributed by atoms with Gasteiger partial charge in [0, 0.05) is 16.9 Å². The zero-order valence-corrected chi connectivity index (χ0v) is 12.7. The molecule has 0 heterocycles. The largest absolute Gasteiger partial charge is 0.0747 e. The van der Waals surface area contributed by atoms with E-state index >= 15 is 0 Å². The van der Waals surface area contributed by atoms with Crippen molar-refractivity contribution in [3.63, 3.8) is 0 Å². The highest BCUT2D eigenvalue weighted by molar-refractivity contribution is 7.50. The van der Waals surface area contributed by atoms with Gasteiger partial charge in [0.25, 0.3) is 0 Å². The Morgan fingerprint density at radius 2 is 1.62 bits per heavy atom. The first-order valence-electron chi connectivity index (χ1n) is 5.08. The van der Waals surface area contributed by atoms with E-state index in [1.54, 1.807) is 5.19 Å². The average molecular weight is 225 g/mol. The summed E-state index contributed by atoms with van der Waals surface area (Å²) in [5.41, 5.74) is 0. The summed E-state index contributed by atoms with van der Waals surface area (Å²) in [6.45, 7) is 10.1. The predicted molar refractivity (Wildman–Crippen MR) is 71.0 cm³/mol. The lowest BCUT2D eigenvalue weighted by Gasteiger charge is -2.23. The van der Waals surface area contributed by atoms with Crippen molar-refractivity contribution in [2.24, 2.45) is 0 Å².